The van der Waals surface area contributed by atoms with Crippen molar-refractivity contribution in [3.8, 4) is 0 Å². The maximum absolute atomic E-state index is 12.5. The van der Waals surface area contributed by atoms with Crippen molar-refractivity contribution in [2.45, 2.75) is 50.5 Å². The van der Waals surface area contributed by atoms with Gasteiger partial charge in [0.25, 0.3) is 5.91 Å². The first-order valence-electron chi connectivity index (χ1n) is 7.41. The fourth-order valence-corrected chi connectivity index (χ4v) is 3.35. The maximum Gasteiger partial charge on any atom is 0.252 e. The summed E-state index contributed by atoms with van der Waals surface area (Å²) in [6, 6.07) is 7.33. The molecule has 1 fully saturated rings. The predicted octanol–water partition coefficient (Wildman–Crippen LogP) is 3.95. The lowest BCUT2D eigenvalue weighted by Crippen LogP contribution is -2.57. The van der Waals surface area contributed by atoms with Crippen LogP contribution in [0.4, 0.5) is 0 Å². The lowest BCUT2D eigenvalue weighted by molar-refractivity contribution is 0.0913. The topological polar surface area (TPSA) is 55.1 Å². The highest BCUT2D eigenvalue weighted by Gasteiger charge is 2.35. The zero-order chi connectivity index (χ0) is 15.3. The van der Waals surface area contributed by atoms with Gasteiger partial charge in [-0.1, -0.05) is 60.3 Å². The first-order chi connectivity index (χ1) is 10.0. The molecule has 1 saturated carbocycles. The van der Waals surface area contributed by atoms with Crippen LogP contribution in [0.5, 0.6) is 0 Å². The maximum atomic E-state index is 12.5. The van der Waals surface area contributed by atoms with Crippen LogP contribution in [0.15, 0.2) is 28.7 Å². The molecule has 1 amide bonds. The molecule has 0 saturated heterocycles. The predicted molar refractivity (Wildman–Crippen MR) is 93.4 cm³/mol. The van der Waals surface area contributed by atoms with Crippen LogP contribution in [-0.4, -0.2) is 16.4 Å². The number of nitrogens with two attached hydrogens (primary N) is 1. The van der Waals surface area contributed by atoms with Crippen molar-refractivity contribution in [3.05, 3.63) is 34.3 Å². The lowest BCUT2D eigenvalue weighted by Gasteiger charge is -2.35. The van der Waals surface area contributed by atoms with E-state index in [2.05, 4.69) is 21.2 Å². The molecule has 5 heteroatoms. The SMILES string of the molecule is NC(=S)C1(NC(=O)c2ccc(Br)cc2)CCCCCCC1. The largest absolute Gasteiger partial charge is 0.391 e. The Kier molecular flexibility index (Phi) is 5.76. The van der Waals surface area contributed by atoms with Crippen LogP contribution in [0.25, 0.3) is 0 Å². The molecule has 1 aliphatic rings. The van der Waals surface area contributed by atoms with Crippen molar-refractivity contribution in [2.75, 3.05) is 0 Å². The molecule has 2 rings (SSSR count). The number of carbonyl (C=O) groups excluding carboxylic acids is 1. The van der Waals surface area contributed by atoms with E-state index in [9.17, 15) is 4.79 Å². The Morgan fingerprint density at radius 1 is 1.10 bits per heavy atom. The van der Waals surface area contributed by atoms with Gasteiger partial charge in [0.15, 0.2) is 0 Å². The van der Waals surface area contributed by atoms with E-state index in [-0.39, 0.29) is 5.91 Å². The highest BCUT2D eigenvalue weighted by atomic mass is 79.9. The Labute approximate surface area is 139 Å². The molecule has 1 aromatic rings. The van der Waals surface area contributed by atoms with Gasteiger partial charge in [-0.3, -0.25) is 4.79 Å². The number of hydrogen-bond donors (Lipinski definition) is 2. The number of nitrogens with one attached hydrogen (secondary N) is 1. The molecule has 1 aromatic carbocycles. The molecule has 0 unspecified atom stereocenters. The molecule has 0 bridgehead atoms. The fraction of sp³-hybridized carbons (Fsp3) is 0.500. The van der Waals surface area contributed by atoms with Crippen LogP contribution in [0, 0.1) is 0 Å². The summed E-state index contributed by atoms with van der Waals surface area (Å²) in [6.07, 6.45) is 7.40. The van der Waals surface area contributed by atoms with Crippen LogP contribution >= 0.6 is 28.1 Å². The second-order valence-electron chi connectivity index (χ2n) is 5.68. The van der Waals surface area contributed by atoms with Gasteiger partial charge < -0.3 is 11.1 Å². The summed E-state index contributed by atoms with van der Waals surface area (Å²) in [5.74, 6) is -0.101. The third-order valence-electron chi connectivity index (χ3n) is 4.14. The molecule has 0 spiro atoms. The molecular weight excluding hydrogens is 348 g/mol. The molecule has 0 atom stereocenters. The Morgan fingerprint density at radius 3 is 2.14 bits per heavy atom. The van der Waals surface area contributed by atoms with Gasteiger partial charge in [0.2, 0.25) is 0 Å². The van der Waals surface area contributed by atoms with Gasteiger partial charge in [0.1, 0.15) is 0 Å². The zero-order valence-corrected chi connectivity index (χ0v) is 14.4. The third kappa shape index (κ3) is 4.27. The Morgan fingerprint density at radius 2 is 1.62 bits per heavy atom. The molecule has 0 aliphatic heterocycles. The van der Waals surface area contributed by atoms with Crippen molar-refractivity contribution in [2.24, 2.45) is 5.73 Å². The van der Waals surface area contributed by atoms with Gasteiger partial charge in [-0.05, 0) is 37.1 Å². The second kappa shape index (κ2) is 7.36. The second-order valence-corrected chi connectivity index (χ2v) is 7.03. The number of hydrogen-bond acceptors (Lipinski definition) is 2. The van der Waals surface area contributed by atoms with Gasteiger partial charge in [-0.25, -0.2) is 0 Å². The standard InChI is InChI=1S/C16H21BrN2OS/c17-13-8-6-12(7-9-13)14(20)19-16(15(18)21)10-4-2-1-3-5-11-16/h6-9H,1-5,10-11H2,(H2,18,21)(H,19,20). The monoisotopic (exact) mass is 368 g/mol. The molecule has 21 heavy (non-hydrogen) atoms. The van der Waals surface area contributed by atoms with Crippen molar-refractivity contribution in [1.29, 1.82) is 0 Å². The van der Waals surface area contributed by atoms with Crippen molar-refractivity contribution in [1.82, 2.24) is 5.32 Å². The van der Waals surface area contributed by atoms with Gasteiger partial charge in [-0.15, -0.1) is 0 Å². The number of benzene rings is 1. The van der Waals surface area contributed by atoms with E-state index >= 15 is 0 Å². The number of halogens is 1. The van der Waals surface area contributed by atoms with E-state index < -0.39 is 5.54 Å². The molecule has 3 nitrogen and oxygen atoms in total. The van der Waals surface area contributed by atoms with E-state index in [0.29, 0.717) is 10.6 Å². The van der Waals surface area contributed by atoms with Crippen LogP contribution in [0.2, 0.25) is 0 Å². The first kappa shape index (κ1) is 16.4. The zero-order valence-electron chi connectivity index (χ0n) is 12.0. The average Bonchev–Trinajstić information content (AvgIpc) is 2.42. The van der Waals surface area contributed by atoms with E-state index in [0.717, 1.165) is 30.2 Å². The van der Waals surface area contributed by atoms with Gasteiger partial charge in [0.05, 0.1) is 10.5 Å². The van der Waals surface area contributed by atoms with Crippen molar-refractivity contribution in [3.63, 3.8) is 0 Å². The average molecular weight is 369 g/mol. The first-order valence-corrected chi connectivity index (χ1v) is 8.62. The highest BCUT2D eigenvalue weighted by Crippen LogP contribution is 2.27. The summed E-state index contributed by atoms with van der Waals surface area (Å²) < 4.78 is 0.953. The van der Waals surface area contributed by atoms with Crippen molar-refractivity contribution < 1.29 is 4.79 Å². The minimum Gasteiger partial charge on any atom is -0.391 e. The molecule has 0 aromatic heterocycles. The van der Waals surface area contributed by atoms with Crippen LogP contribution in [0.1, 0.15) is 55.3 Å². The molecular formula is C16H21BrN2OS. The number of rotatable bonds is 3. The molecule has 0 heterocycles. The van der Waals surface area contributed by atoms with E-state index in [4.69, 9.17) is 18.0 Å². The molecule has 1 aliphatic carbocycles. The number of carbonyl (C=O) groups is 1. The quantitative estimate of drug-likeness (QED) is 0.794. The minimum atomic E-state index is -0.528. The smallest absolute Gasteiger partial charge is 0.252 e. The molecule has 3 N–H and O–H groups in total. The summed E-state index contributed by atoms with van der Waals surface area (Å²) in [5.41, 5.74) is 6.09. The minimum absolute atomic E-state index is 0.101. The van der Waals surface area contributed by atoms with E-state index in [1.165, 1.54) is 19.3 Å². The van der Waals surface area contributed by atoms with Gasteiger partial charge >= 0.3 is 0 Å². The Balaban J connectivity index is 2.16. The summed E-state index contributed by atoms with van der Waals surface area (Å²) in [6.45, 7) is 0. The van der Waals surface area contributed by atoms with Crippen LogP contribution < -0.4 is 11.1 Å². The van der Waals surface area contributed by atoms with Gasteiger partial charge in [-0.2, -0.15) is 0 Å². The fourth-order valence-electron chi connectivity index (χ4n) is 2.83. The van der Waals surface area contributed by atoms with Crippen LogP contribution in [0.3, 0.4) is 0 Å². The van der Waals surface area contributed by atoms with Crippen molar-refractivity contribution >= 4 is 39.0 Å². The Bertz CT molecular complexity index is 508. The number of amides is 1. The van der Waals surface area contributed by atoms with Gasteiger partial charge in [0, 0.05) is 10.0 Å². The van der Waals surface area contributed by atoms with E-state index in [1.807, 2.05) is 12.1 Å². The Hall–Kier alpha value is -0.940. The molecule has 0 radical (unpaired) electrons. The summed E-state index contributed by atoms with van der Waals surface area (Å²) in [4.78, 5) is 12.9. The molecule has 114 valence electrons. The summed E-state index contributed by atoms with van der Waals surface area (Å²) in [5, 5.41) is 3.11. The normalized spacial score (nSPS) is 18.3. The summed E-state index contributed by atoms with van der Waals surface area (Å²) in [7, 11) is 0. The summed E-state index contributed by atoms with van der Waals surface area (Å²) >= 11 is 8.65. The number of thiocarbonyl (C=S) groups is 1. The third-order valence-corrected chi connectivity index (χ3v) is 5.06. The van der Waals surface area contributed by atoms with Crippen LogP contribution in [-0.2, 0) is 0 Å². The van der Waals surface area contributed by atoms with E-state index in [1.54, 1.807) is 12.1 Å². The highest BCUT2D eigenvalue weighted by molar-refractivity contribution is 9.10. The lowest BCUT2D eigenvalue weighted by atomic mass is 9.83.